The second-order valence-corrected chi connectivity index (χ2v) is 4.96. The molecule has 112 valence electrons. The number of nitrogens with one attached hydrogen (secondary N) is 1. The third kappa shape index (κ3) is 2.24. The van der Waals surface area contributed by atoms with E-state index < -0.39 is 4.92 Å². The molecule has 3 heterocycles. The average Bonchev–Trinajstić information content (AvgIpc) is 3.26. The normalized spacial score (nSPS) is 11.0. The fourth-order valence-corrected chi connectivity index (χ4v) is 2.44. The molecule has 0 radical (unpaired) electrons. The van der Waals surface area contributed by atoms with Crippen LogP contribution in [0.3, 0.4) is 0 Å². The van der Waals surface area contributed by atoms with Crippen LogP contribution in [0, 0.1) is 10.1 Å². The smallest absolute Gasteiger partial charge is 0.271 e. The van der Waals surface area contributed by atoms with Crippen LogP contribution >= 0.6 is 0 Å². The molecule has 23 heavy (non-hydrogen) atoms. The first-order valence-electron chi connectivity index (χ1n) is 6.90. The Labute approximate surface area is 130 Å². The molecule has 7 heteroatoms. The molecule has 0 amide bonds. The van der Waals surface area contributed by atoms with Crippen LogP contribution < -0.4 is 4.98 Å². The zero-order chi connectivity index (χ0) is 15.8. The molecule has 1 N–H and O–H groups in total. The van der Waals surface area contributed by atoms with Crippen LogP contribution in [0.5, 0.6) is 0 Å². The van der Waals surface area contributed by atoms with Crippen molar-refractivity contribution in [2.24, 2.45) is 0 Å². The van der Waals surface area contributed by atoms with Crippen molar-refractivity contribution in [3.8, 4) is 22.8 Å². The summed E-state index contributed by atoms with van der Waals surface area (Å²) in [5.41, 5.74) is 3.79. The molecule has 4 aromatic rings. The fraction of sp³-hybridized carbons (Fsp3) is 0. The number of nitro benzene ring substituents is 1. The second-order valence-electron chi connectivity index (χ2n) is 4.96. The molecule has 0 fully saturated rings. The molecule has 0 bridgehead atoms. The Hall–Kier alpha value is -3.48. The van der Waals surface area contributed by atoms with E-state index in [1.165, 1.54) is 12.1 Å². The second kappa shape index (κ2) is 5.06. The Morgan fingerprint density at radius 2 is 1.91 bits per heavy atom. The van der Waals surface area contributed by atoms with Gasteiger partial charge in [0.2, 0.25) is 0 Å². The van der Waals surface area contributed by atoms with Crippen molar-refractivity contribution >= 4 is 16.7 Å². The maximum Gasteiger partial charge on any atom is 0.271 e. The van der Waals surface area contributed by atoms with Gasteiger partial charge in [-0.2, -0.15) is 6.20 Å². The predicted molar refractivity (Wildman–Crippen MR) is 84.7 cm³/mol. The highest BCUT2D eigenvalue weighted by atomic mass is 16.6. The van der Waals surface area contributed by atoms with E-state index in [2.05, 4.69) is 19.9 Å². The van der Waals surface area contributed by atoms with Crippen LogP contribution in [-0.4, -0.2) is 19.9 Å². The summed E-state index contributed by atoms with van der Waals surface area (Å²) in [6.07, 6.45) is 3.48. The molecular formula is C16H10N5O2-. The molecule has 0 aliphatic heterocycles. The minimum Gasteiger partial charge on any atom is -0.662 e. The Morgan fingerprint density at radius 3 is 2.61 bits per heavy atom. The summed E-state index contributed by atoms with van der Waals surface area (Å²) in [6.45, 7) is 0. The molecule has 0 saturated heterocycles. The van der Waals surface area contributed by atoms with E-state index in [0.29, 0.717) is 28.1 Å². The maximum atomic E-state index is 11.0. The van der Waals surface area contributed by atoms with Crippen molar-refractivity contribution in [1.82, 2.24) is 19.9 Å². The van der Waals surface area contributed by atoms with Crippen molar-refractivity contribution in [2.75, 3.05) is 0 Å². The average molecular weight is 304 g/mol. The van der Waals surface area contributed by atoms with Crippen molar-refractivity contribution in [1.29, 1.82) is 0 Å². The lowest BCUT2D eigenvalue weighted by Crippen LogP contribution is -1.97. The van der Waals surface area contributed by atoms with Gasteiger partial charge in [-0.3, -0.25) is 10.1 Å². The molecule has 1 aromatic carbocycles. The Bertz CT molecular complexity index is 991. The molecular weight excluding hydrogens is 294 g/mol. The summed E-state index contributed by atoms with van der Waals surface area (Å²) in [4.78, 5) is 27.1. The van der Waals surface area contributed by atoms with Crippen LogP contribution in [-0.2, 0) is 0 Å². The van der Waals surface area contributed by atoms with Crippen LogP contribution in [0.1, 0.15) is 0 Å². The standard InChI is InChI=1S/C16H10N5O2/c22-21(23)10-5-6-11-14(9-10)20-16(13-4-2-8-18-13)15(19-11)12-3-1-7-17-12/h1-9,17H/q-1. The number of rotatable bonds is 3. The van der Waals surface area contributed by atoms with E-state index >= 15 is 0 Å². The number of nitrogens with zero attached hydrogens (tertiary/aromatic N) is 4. The molecule has 0 aliphatic rings. The third-order valence-electron chi connectivity index (χ3n) is 3.51. The zero-order valence-electron chi connectivity index (χ0n) is 11.8. The highest BCUT2D eigenvalue weighted by Gasteiger charge is 2.14. The maximum absolute atomic E-state index is 11.0. The predicted octanol–water partition coefficient (Wildman–Crippen LogP) is 3.16. The highest BCUT2D eigenvalue weighted by Crippen LogP contribution is 2.29. The van der Waals surface area contributed by atoms with E-state index in [9.17, 15) is 10.1 Å². The van der Waals surface area contributed by atoms with Crippen LogP contribution in [0.15, 0.2) is 54.9 Å². The van der Waals surface area contributed by atoms with E-state index in [-0.39, 0.29) is 5.69 Å². The van der Waals surface area contributed by atoms with E-state index in [4.69, 9.17) is 0 Å². The van der Waals surface area contributed by atoms with Gasteiger partial charge in [0.1, 0.15) is 5.69 Å². The minimum absolute atomic E-state index is 0.0131. The number of fused-ring (bicyclic) bond motifs is 1. The van der Waals surface area contributed by atoms with Gasteiger partial charge in [0.25, 0.3) is 5.69 Å². The summed E-state index contributed by atoms with van der Waals surface area (Å²) in [5, 5.41) is 11.0. The lowest BCUT2D eigenvalue weighted by atomic mass is 10.1. The van der Waals surface area contributed by atoms with Gasteiger partial charge in [0, 0.05) is 18.3 Å². The molecule has 4 rings (SSSR count). The van der Waals surface area contributed by atoms with Crippen molar-refractivity contribution in [3.63, 3.8) is 0 Å². The monoisotopic (exact) mass is 304 g/mol. The zero-order valence-corrected chi connectivity index (χ0v) is 11.8. The largest absolute Gasteiger partial charge is 0.662 e. The van der Waals surface area contributed by atoms with Crippen LogP contribution in [0.4, 0.5) is 5.69 Å². The van der Waals surface area contributed by atoms with Crippen molar-refractivity contribution in [3.05, 3.63) is 65.0 Å². The summed E-state index contributed by atoms with van der Waals surface area (Å²) < 4.78 is 0. The first-order valence-corrected chi connectivity index (χ1v) is 6.90. The van der Waals surface area contributed by atoms with Gasteiger partial charge in [-0.15, -0.1) is 5.69 Å². The number of H-pyrrole nitrogens is 1. The number of hydrogen-bond donors (Lipinski definition) is 1. The molecule has 0 atom stereocenters. The van der Waals surface area contributed by atoms with Crippen molar-refractivity contribution in [2.45, 2.75) is 0 Å². The number of benzene rings is 1. The molecule has 3 aromatic heterocycles. The van der Waals surface area contributed by atoms with Crippen LogP contribution in [0.2, 0.25) is 0 Å². The van der Waals surface area contributed by atoms with Gasteiger partial charge in [0.05, 0.1) is 27.3 Å². The van der Waals surface area contributed by atoms with Gasteiger partial charge < -0.3 is 9.97 Å². The molecule has 0 spiro atoms. The summed E-state index contributed by atoms with van der Waals surface area (Å²) in [7, 11) is 0. The lowest BCUT2D eigenvalue weighted by molar-refractivity contribution is -0.384. The molecule has 0 saturated carbocycles. The van der Waals surface area contributed by atoms with E-state index in [0.717, 1.165) is 5.69 Å². The summed E-state index contributed by atoms with van der Waals surface area (Å²) >= 11 is 0. The number of hydrogen-bond acceptors (Lipinski definition) is 4. The first-order chi connectivity index (χ1) is 11.2. The van der Waals surface area contributed by atoms with E-state index in [1.54, 1.807) is 18.5 Å². The number of aromatic amines is 1. The fourth-order valence-electron chi connectivity index (χ4n) is 2.44. The quantitative estimate of drug-likeness (QED) is 0.463. The number of aromatic nitrogens is 4. The lowest BCUT2D eigenvalue weighted by Gasteiger charge is -2.12. The number of nitro groups is 1. The SMILES string of the molecule is O=[N+]([O-])c1ccc2nc(-c3ccc[nH]3)c(-c3ccc[n-]3)nc2c1. The van der Waals surface area contributed by atoms with Crippen LogP contribution in [0.25, 0.3) is 33.8 Å². The first kappa shape index (κ1) is 13.2. The third-order valence-corrected chi connectivity index (χ3v) is 3.51. The highest BCUT2D eigenvalue weighted by molar-refractivity contribution is 5.85. The van der Waals surface area contributed by atoms with E-state index in [1.807, 2.05) is 24.3 Å². The van der Waals surface area contributed by atoms with Crippen molar-refractivity contribution < 1.29 is 4.92 Å². The van der Waals surface area contributed by atoms with Gasteiger partial charge in [-0.25, -0.2) is 9.97 Å². The Balaban J connectivity index is 2.02. The Kier molecular flexibility index (Phi) is 2.90. The summed E-state index contributed by atoms with van der Waals surface area (Å²) in [6, 6.07) is 11.9. The molecule has 7 nitrogen and oxygen atoms in total. The molecule has 0 unspecified atom stereocenters. The van der Waals surface area contributed by atoms with Gasteiger partial charge in [-0.05, 0) is 18.2 Å². The Morgan fingerprint density at radius 1 is 1.04 bits per heavy atom. The number of non-ortho nitro benzene ring substituents is 1. The molecule has 0 aliphatic carbocycles. The minimum atomic E-state index is -0.444. The van der Waals surface area contributed by atoms with Gasteiger partial charge in [-0.1, -0.05) is 12.1 Å². The van der Waals surface area contributed by atoms with Gasteiger partial charge in [0.15, 0.2) is 0 Å². The topological polar surface area (TPSA) is 98.8 Å². The van der Waals surface area contributed by atoms with Gasteiger partial charge >= 0.3 is 0 Å². The summed E-state index contributed by atoms with van der Waals surface area (Å²) in [5.74, 6) is 0.